The standard InChI is InChI=1S/C15H27N5/c1-5-8-9-10-20(4)15-13(14(16)17)11(6-2)12(7-3)18-19-15/h5-10H2,1-4H3,(H3,16,17). The highest BCUT2D eigenvalue weighted by Crippen LogP contribution is 2.23. The van der Waals surface area contributed by atoms with Gasteiger partial charge in [0.1, 0.15) is 5.84 Å². The molecule has 0 bridgehead atoms. The molecule has 0 aliphatic carbocycles. The molecule has 0 spiro atoms. The Balaban J connectivity index is 3.15. The van der Waals surface area contributed by atoms with Gasteiger partial charge in [-0.3, -0.25) is 5.41 Å². The fourth-order valence-electron chi connectivity index (χ4n) is 2.42. The average Bonchev–Trinajstić information content (AvgIpc) is 2.45. The van der Waals surface area contributed by atoms with Crippen molar-refractivity contribution in [2.24, 2.45) is 5.73 Å². The first-order valence-corrected chi connectivity index (χ1v) is 7.50. The second-order valence-corrected chi connectivity index (χ2v) is 5.07. The molecule has 112 valence electrons. The van der Waals surface area contributed by atoms with Gasteiger partial charge in [-0.2, -0.15) is 5.10 Å². The Bertz CT molecular complexity index is 456. The van der Waals surface area contributed by atoms with Crippen molar-refractivity contribution in [2.75, 3.05) is 18.5 Å². The summed E-state index contributed by atoms with van der Waals surface area (Å²) in [7, 11) is 2.00. The maximum absolute atomic E-state index is 7.88. The van der Waals surface area contributed by atoms with Crippen molar-refractivity contribution in [1.82, 2.24) is 10.2 Å². The van der Waals surface area contributed by atoms with E-state index in [1.807, 2.05) is 7.05 Å². The van der Waals surface area contributed by atoms with Crippen molar-refractivity contribution in [3.8, 4) is 0 Å². The average molecular weight is 277 g/mol. The predicted molar refractivity (Wildman–Crippen MR) is 84.6 cm³/mol. The van der Waals surface area contributed by atoms with Gasteiger partial charge in [-0.05, 0) is 24.8 Å². The third-order valence-electron chi connectivity index (χ3n) is 3.56. The van der Waals surface area contributed by atoms with Crippen LogP contribution in [-0.4, -0.2) is 29.6 Å². The SMILES string of the molecule is CCCCCN(C)c1nnc(CC)c(CC)c1C(=N)N. The third-order valence-corrected chi connectivity index (χ3v) is 3.56. The highest BCUT2D eigenvalue weighted by molar-refractivity contribution is 6.01. The van der Waals surface area contributed by atoms with Gasteiger partial charge < -0.3 is 10.6 Å². The molecule has 1 rings (SSSR count). The van der Waals surface area contributed by atoms with Crippen LogP contribution in [0.2, 0.25) is 0 Å². The minimum atomic E-state index is 0.0868. The van der Waals surface area contributed by atoms with Gasteiger partial charge in [0, 0.05) is 13.6 Å². The van der Waals surface area contributed by atoms with Crippen LogP contribution in [0.4, 0.5) is 5.82 Å². The fourth-order valence-corrected chi connectivity index (χ4v) is 2.42. The molecule has 1 aromatic heterocycles. The number of anilines is 1. The molecule has 5 heteroatoms. The number of nitrogens with two attached hydrogens (primary N) is 1. The summed E-state index contributed by atoms with van der Waals surface area (Å²) in [6.07, 6.45) is 5.14. The molecule has 0 atom stereocenters. The van der Waals surface area contributed by atoms with Crippen molar-refractivity contribution in [3.63, 3.8) is 0 Å². The van der Waals surface area contributed by atoms with Gasteiger partial charge in [0.25, 0.3) is 0 Å². The van der Waals surface area contributed by atoms with E-state index in [1.54, 1.807) is 0 Å². The molecule has 1 aromatic rings. The van der Waals surface area contributed by atoms with Gasteiger partial charge in [-0.25, -0.2) is 0 Å². The van der Waals surface area contributed by atoms with Crippen molar-refractivity contribution < 1.29 is 0 Å². The van der Waals surface area contributed by atoms with Gasteiger partial charge in [-0.15, -0.1) is 5.10 Å². The smallest absolute Gasteiger partial charge is 0.162 e. The van der Waals surface area contributed by atoms with Crippen LogP contribution in [0.25, 0.3) is 0 Å². The molecular weight excluding hydrogens is 250 g/mol. The summed E-state index contributed by atoms with van der Waals surface area (Å²) in [5.41, 5.74) is 8.57. The molecule has 20 heavy (non-hydrogen) atoms. The van der Waals surface area contributed by atoms with Crippen LogP contribution in [0.15, 0.2) is 0 Å². The van der Waals surface area contributed by atoms with Gasteiger partial charge in [0.15, 0.2) is 5.82 Å². The van der Waals surface area contributed by atoms with Crippen molar-refractivity contribution in [2.45, 2.75) is 52.9 Å². The second kappa shape index (κ2) is 7.82. The Morgan fingerprint density at radius 1 is 1.15 bits per heavy atom. The van der Waals surface area contributed by atoms with E-state index in [0.717, 1.165) is 48.4 Å². The molecule has 0 radical (unpaired) electrons. The number of hydrogen-bond donors (Lipinski definition) is 2. The summed E-state index contributed by atoms with van der Waals surface area (Å²) in [4.78, 5) is 2.07. The second-order valence-electron chi connectivity index (χ2n) is 5.07. The first kappa shape index (κ1) is 16.4. The maximum Gasteiger partial charge on any atom is 0.162 e. The van der Waals surface area contributed by atoms with E-state index in [0.29, 0.717) is 0 Å². The Morgan fingerprint density at radius 2 is 1.85 bits per heavy atom. The van der Waals surface area contributed by atoms with E-state index in [1.165, 1.54) is 12.8 Å². The molecule has 0 saturated carbocycles. The van der Waals surface area contributed by atoms with Gasteiger partial charge in [0.05, 0.1) is 11.3 Å². The molecule has 0 saturated heterocycles. The highest BCUT2D eigenvalue weighted by atomic mass is 15.2. The molecule has 0 unspecified atom stereocenters. The largest absolute Gasteiger partial charge is 0.384 e. The number of nitrogens with zero attached hydrogens (tertiary/aromatic N) is 3. The minimum Gasteiger partial charge on any atom is -0.384 e. The van der Waals surface area contributed by atoms with Crippen molar-refractivity contribution in [1.29, 1.82) is 5.41 Å². The Kier molecular flexibility index (Phi) is 6.42. The third kappa shape index (κ3) is 3.68. The van der Waals surface area contributed by atoms with Gasteiger partial charge >= 0.3 is 0 Å². The Labute approximate surface area is 122 Å². The molecule has 3 N–H and O–H groups in total. The lowest BCUT2D eigenvalue weighted by Gasteiger charge is -2.22. The lowest BCUT2D eigenvalue weighted by Crippen LogP contribution is -2.27. The van der Waals surface area contributed by atoms with E-state index >= 15 is 0 Å². The molecule has 1 heterocycles. The number of aromatic nitrogens is 2. The number of unbranched alkanes of at least 4 members (excludes halogenated alkanes) is 2. The zero-order valence-electron chi connectivity index (χ0n) is 13.2. The lowest BCUT2D eigenvalue weighted by atomic mass is 10.0. The van der Waals surface area contributed by atoms with Crippen LogP contribution in [0.5, 0.6) is 0 Å². The fraction of sp³-hybridized carbons (Fsp3) is 0.667. The lowest BCUT2D eigenvalue weighted by molar-refractivity contribution is 0.695. The molecule has 5 nitrogen and oxygen atoms in total. The number of nitrogen functional groups attached to an aromatic ring is 1. The van der Waals surface area contributed by atoms with E-state index in [2.05, 4.69) is 35.9 Å². The maximum atomic E-state index is 7.88. The minimum absolute atomic E-state index is 0.0868. The summed E-state index contributed by atoms with van der Waals surface area (Å²) < 4.78 is 0. The first-order valence-electron chi connectivity index (χ1n) is 7.50. The highest BCUT2D eigenvalue weighted by Gasteiger charge is 2.19. The topological polar surface area (TPSA) is 78.9 Å². The molecule has 0 amide bonds. The van der Waals surface area contributed by atoms with Crippen molar-refractivity contribution in [3.05, 3.63) is 16.8 Å². The summed E-state index contributed by atoms with van der Waals surface area (Å²) >= 11 is 0. The summed E-state index contributed by atoms with van der Waals surface area (Å²) in [6, 6.07) is 0. The number of hydrogen-bond acceptors (Lipinski definition) is 4. The quantitative estimate of drug-likeness (QED) is 0.435. The number of nitrogens with one attached hydrogen (secondary N) is 1. The normalized spacial score (nSPS) is 10.6. The van der Waals surface area contributed by atoms with Crippen LogP contribution in [0, 0.1) is 5.41 Å². The zero-order chi connectivity index (χ0) is 15.1. The monoisotopic (exact) mass is 277 g/mol. The van der Waals surface area contributed by atoms with Crippen LogP contribution in [0.1, 0.15) is 56.9 Å². The summed E-state index contributed by atoms with van der Waals surface area (Å²) in [5, 5.41) is 16.5. The van der Waals surface area contributed by atoms with Crippen LogP contribution in [-0.2, 0) is 12.8 Å². The van der Waals surface area contributed by atoms with Crippen LogP contribution >= 0.6 is 0 Å². The Hall–Kier alpha value is -1.65. The van der Waals surface area contributed by atoms with E-state index in [4.69, 9.17) is 11.1 Å². The van der Waals surface area contributed by atoms with E-state index in [-0.39, 0.29) is 5.84 Å². The van der Waals surface area contributed by atoms with Crippen molar-refractivity contribution >= 4 is 11.7 Å². The zero-order valence-corrected chi connectivity index (χ0v) is 13.2. The molecule has 0 aliphatic rings. The number of rotatable bonds is 8. The van der Waals surface area contributed by atoms with Crippen LogP contribution < -0.4 is 10.6 Å². The number of amidine groups is 1. The predicted octanol–water partition coefficient (Wildman–Crippen LogP) is 2.51. The molecule has 0 aliphatic heterocycles. The van der Waals surface area contributed by atoms with Gasteiger partial charge in [0.2, 0.25) is 0 Å². The first-order chi connectivity index (χ1) is 9.56. The molecular formula is C15H27N5. The van der Waals surface area contributed by atoms with E-state index in [9.17, 15) is 0 Å². The number of aryl methyl sites for hydroxylation is 1. The Morgan fingerprint density at radius 3 is 2.35 bits per heavy atom. The molecule has 0 aromatic carbocycles. The van der Waals surface area contributed by atoms with Gasteiger partial charge in [-0.1, -0.05) is 33.6 Å². The molecule has 0 fully saturated rings. The van der Waals surface area contributed by atoms with E-state index < -0.39 is 0 Å². The van der Waals surface area contributed by atoms with Crippen LogP contribution in [0.3, 0.4) is 0 Å². The summed E-state index contributed by atoms with van der Waals surface area (Å²) in [5.74, 6) is 0.825. The summed E-state index contributed by atoms with van der Waals surface area (Å²) in [6.45, 7) is 7.23.